The number of methoxy groups -OCH3 is 1. The van der Waals surface area contributed by atoms with E-state index < -0.39 is 0 Å². The molecule has 1 heterocycles. The molecule has 2 N–H and O–H groups in total. The summed E-state index contributed by atoms with van der Waals surface area (Å²) in [7, 11) is 1.46. The van der Waals surface area contributed by atoms with E-state index in [0.717, 1.165) is 5.69 Å². The molecule has 1 amide bonds. The van der Waals surface area contributed by atoms with Gasteiger partial charge in [-0.1, -0.05) is 23.2 Å². The summed E-state index contributed by atoms with van der Waals surface area (Å²) in [5.41, 5.74) is 1.18. The molecule has 0 radical (unpaired) electrons. The van der Waals surface area contributed by atoms with E-state index in [1.54, 1.807) is 12.5 Å². The summed E-state index contributed by atoms with van der Waals surface area (Å²) >= 11 is 11.9. The van der Waals surface area contributed by atoms with Gasteiger partial charge in [-0.05, 0) is 12.1 Å². The molecule has 100 valence electrons. The van der Waals surface area contributed by atoms with Crippen molar-refractivity contribution in [3.63, 3.8) is 0 Å². The Morgan fingerprint density at radius 3 is 2.63 bits per heavy atom. The normalized spacial score (nSPS) is 10.3. The highest BCUT2D eigenvalue weighted by Crippen LogP contribution is 2.33. The maximum absolute atomic E-state index is 11.9. The number of hydrogen-bond donors (Lipinski definition) is 2. The Morgan fingerprint density at radius 1 is 1.42 bits per heavy atom. The lowest BCUT2D eigenvalue weighted by Crippen LogP contribution is -2.23. The first-order chi connectivity index (χ1) is 9.11. The second-order valence-corrected chi connectivity index (χ2v) is 4.55. The van der Waals surface area contributed by atoms with Crippen LogP contribution in [-0.2, 0) is 6.54 Å². The first kappa shape index (κ1) is 13.7. The average molecular weight is 300 g/mol. The van der Waals surface area contributed by atoms with Crippen LogP contribution in [-0.4, -0.2) is 23.0 Å². The SMILES string of the molecule is COc1c(Cl)cc(C(=O)NCc2cnc[nH]2)cc1Cl. The number of imidazole rings is 1. The molecule has 5 nitrogen and oxygen atoms in total. The van der Waals surface area contributed by atoms with Crippen LogP contribution in [0.3, 0.4) is 0 Å². The lowest BCUT2D eigenvalue weighted by molar-refractivity contribution is 0.0950. The van der Waals surface area contributed by atoms with E-state index in [-0.39, 0.29) is 5.91 Å². The van der Waals surface area contributed by atoms with Gasteiger partial charge in [-0.3, -0.25) is 4.79 Å². The second-order valence-electron chi connectivity index (χ2n) is 3.73. The number of rotatable bonds is 4. The summed E-state index contributed by atoms with van der Waals surface area (Å²) in [4.78, 5) is 18.7. The van der Waals surface area contributed by atoms with E-state index in [1.807, 2.05) is 0 Å². The molecular formula is C12H11Cl2N3O2. The maximum Gasteiger partial charge on any atom is 0.251 e. The first-order valence-corrected chi connectivity index (χ1v) is 6.16. The van der Waals surface area contributed by atoms with E-state index >= 15 is 0 Å². The van der Waals surface area contributed by atoms with Gasteiger partial charge in [0.15, 0.2) is 5.75 Å². The van der Waals surface area contributed by atoms with Crippen LogP contribution in [0.4, 0.5) is 0 Å². The van der Waals surface area contributed by atoms with E-state index in [9.17, 15) is 4.79 Å². The van der Waals surface area contributed by atoms with Gasteiger partial charge < -0.3 is 15.0 Å². The van der Waals surface area contributed by atoms with Crippen molar-refractivity contribution in [2.45, 2.75) is 6.54 Å². The lowest BCUT2D eigenvalue weighted by Gasteiger charge is -2.09. The molecule has 0 aliphatic heterocycles. The molecule has 2 aromatic rings. The molecule has 0 saturated carbocycles. The number of benzene rings is 1. The van der Waals surface area contributed by atoms with Gasteiger partial charge in [0.05, 0.1) is 35.7 Å². The van der Waals surface area contributed by atoms with Crippen molar-refractivity contribution < 1.29 is 9.53 Å². The van der Waals surface area contributed by atoms with Gasteiger partial charge in [0, 0.05) is 11.8 Å². The molecule has 0 bridgehead atoms. The molecular weight excluding hydrogens is 289 g/mol. The van der Waals surface area contributed by atoms with E-state index in [4.69, 9.17) is 27.9 Å². The number of carbonyl (C=O) groups is 1. The minimum absolute atomic E-state index is 0.277. The van der Waals surface area contributed by atoms with Gasteiger partial charge >= 0.3 is 0 Å². The number of H-pyrrole nitrogens is 1. The topological polar surface area (TPSA) is 67.0 Å². The molecule has 0 saturated heterocycles. The lowest BCUT2D eigenvalue weighted by atomic mass is 10.2. The zero-order valence-corrected chi connectivity index (χ0v) is 11.5. The van der Waals surface area contributed by atoms with Crippen LogP contribution in [0.1, 0.15) is 16.1 Å². The van der Waals surface area contributed by atoms with Crippen LogP contribution in [0, 0.1) is 0 Å². The highest BCUT2D eigenvalue weighted by molar-refractivity contribution is 6.37. The Labute approximate surface area is 119 Å². The molecule has 1 aromatic heterocycles. The molecule has 0 spiro atoms. The molecule has 2 rings (SSSR count). The summed E-state index contributed by atoms with van der Waals surface area (Å²) in [6.45, 7) is 0.347. The molecule has 0 atom stereocenters. The van der Waals surface area contributed by atoms with Crippen molar-refractivity contribution in [3.8, 4) is 5.75 Å². The van der Waals surface area contributed by atoms with E-state index in [0.29, 0.717) is 27.9 Å². The minimum atomic E-state index is -0.277. The van der Waals surface area contributed by atoms with Crippen molar-refractivity contribution in [3.05, 3.63) is 46.0 Å². The Bertz CT molecular complexity index is 562. The number of nitrogens with zero attached hydrogens (tertiary/aromatic N) is 1. The van der Waals surface area contributed by atoms with E-state index in [1.165, 1.54) is 19.2 Å². The van der Waals surface area contributed by atoms with Crippen molar-refractivity contribution >= 4 is 29.1 Å². The number of nitrogens with one attached hydrogen (secondary N) is 2. The van der Waals surface area contributed by atoms with Gasteiger partial charge in [-0.2, -0.15) is 0 Å². The Morgan fingerprint density at radius 2 is 2.11 bits per heavy atom. The van der Waals surface area contributed by atoms with E-state index in [2.05, 4.69) is 15.3 Å². The Hall–Kier alpha value is -1.72. The number of ether oxygens (including phenoxy) is 1. The number of carbonyl (C=O) groups excluding carboxylic acids is 1. The molecule has 7 heteroatoms. The highest BCUT2D eigenvalue weighted by atomic mass is 35.5. The van der Waals surface area contributed by atoms with Crippen LogP contribution in [0.5, 0.6) is 5.75 Å². The number of amides is 1. The summed E-state index contributed by atoms with van der Waals surface area (Å²) in [6, 6.07) is 3.02. The van der Waals surface area contributed by atoms with Crippen LogP contribution < -0.4 is 10.1 Å². The third-order valence-corrected chi connectivity index (χ3v) is 3.02. The second kappa shape index (κ2) is 5.95. The van der Waals surface area contributed by atoms with Crippen LogP contribution >= 0.6 is 23.2 Å². The molecule has 0 aliphatic carbocycles. The number of aromatic amines is 1. The highest BCUT2D eigenvalue weighted by Gasteiger charge is 2.13. The zero-order chi connectivity index (χ0) is 13.8. The molecule has 0 fully saturated rings. The van der Waals surface area contributed by atoms with Gasteiger partial charge in [0.1, 0.15) is 0 Å². The molecule has 0 aliphatic rings. The van der Waals surface area contributed by atoms with Gasteiger partial charge in [0.2, 0.25) is 0 Å². The minimum Gasteiger partial charge on any atom is -0.494 e. The predicted octanol–water partition coefficient (Wildman–Crippen LogP) is 2.66. The van der Waals surface area contributed by atoms with Crippen LogP contribution in [0.15, 0.2) is 24.7 Å². The summed E-state index contributed by atoms with van der Waals surface area (Å²) in [5.74, 6) is 0.0782. The molecule has 19 heavy (non-hydrogen) atoms. The maximum atomic E-state index is 11.9. The Balaban J connectivity index is 2.11. The predicted molar refractivity (Wildman–Crippen MR) is 72.8 cm³/mol. The fourth-order valence-corrected chi connectivity index (χ4v) is 2.19. The quantitative estimate of drug-likeness (QED) is 0.912. The van der Waals surface area contributed by atoms with Gasteiger partial charge in [0.25, 0.3) is 5.91 Å². The summed E-state index contributed by atoms with van der Waals surface area (Å²) in [5, 5.41) is 3.31. The monoisotopic (exact) mass is 299 g/mol. The largest absolute Gasteiger partial charge is 0.494 e. The summed E-state index contributed by atoms with van der Waals surface area (Å²) < 4.78 is 5.02. The third-order valence-electron chi connectivity index (χ3n) is 2.46. The van der Waals surface area contributed by atoms with Gasteiger partial charge in [-0.15, -0.1) is 0 Å². The number of halogens is 2. The first-order valence-electron chi connectivity index (χ1n) is 5.40. The fraction of sp³-hybridized carbons (Fsp3) is 0.167. The molecule has 1 aromatic carbocycles. The Kier molecular flexibility index (Phi) is 4.29. The van der Waals surface area contributed by atoms with Crippen molar-refractivity contribution in [2.75, 3.05) is 7.11 Å². The van der Waals surface area contributed by atoms with Crippen LogP contribution in [0.2, 0.25) is 10.0 Å². The molecule has 0 unspecified atom stereocenters. The number of aromatic nitrogens is 2. The average Bonchev–Trinajstić information content (AvgIpc) is 2.88. The fourth-order valence-electron chi connectivity index (χ4n) is 1.54. The van der Waals surface area contributed by atoms with Crippen LogP contribution in [0.25, 0.3) is 0 Å². The standard InChI is InChI=1S/C12H11Cl2N3O2/c1-19-11-9(13)2-7(3-10(11)14)12(18)16-5-8-4-15-6-17-8/h2-4,6H,5H2,1H3,(H,15,17)(H,16,18). The van der Waals surface area contributed by atoms with Crippen molar-refractivity contribution in [2.24, 2.45) is 0 Å². The summed E-state index contributed by atoms with van der Waals surface area (Å²) in [6.07, 6.45) is 3.18. The van der Waals surface area contributed by atoms with Crippen molar-refractivity contribution in [1.82, 2.24) is 15.3 Å². The van der Waals surface area contributed by atoms with Gasteiger partial charge in [-0.25, -0.2) is 4.98 Å². The zero-order valence-electron chi connectivity index (χ0n) is 10.0. The third kappa shape index (κ3) is 3.19. The smallest absolute Gasteiger partial charge is 0.251 e. The van der Waals surface area contributed by atoms with Crippen molar-refractivity contribution in [1.29, 1.82) is 0 Å². The number of hydrogen-bond acceptors (Lipinski definition) is 3.